The summed E-state index contributed by atoms with van der Waals surface area (Å²) in [5, 5.41) is 12.9. The molecule has 320 valence electrons. The quantitative estimate of drug-likeness (QED) is 0.0342. The highest BCUT2D eigenvalue weighted by Gasteiger charge is 2.46. The van der Waals surface area contributed by atoms with Crippen LogP contribution in [0.3, 0.4) is 0 Å². The van der Waals surface area contributed by atoms with Crippen LogP contribution in [0.4, 0.5) is 11.4 Å². The third-order valence-corrected chi connectivity index (χ3v) is 14.5. The largest absolute Gasteiger partial charge is 0.481 e. The van der Waals surface area contributed by atoms with Crippen LogP contribution in [0.1, 0.15) is 64.5 Å². The Kier molecular flexibility index (Phi) is 11.6. The summed E-state index contributed by atoms with van der Waals surface area (Å²) >= 11 is 6.78. The van der Waals surface area contributed by atoms with E-state index in [-0.39, 0.29) is 33.0 Å². The summed E-state index contributed by atoms with van der Waals surface area (Å²) < 4.78 is 140. The van der Waals surface area contributed by atoms with Gasteiger partial charge in [-0.2, -0.15) is 38.2 Å². The monoisotopic (exact) mass is 923 g/mol. The molecule has 0 spiro atoms. The topological polar surface area (TPSA) is 270 Å². The Morgan fingerprint density at radius 3 is 1.75 bits per heavy atom. The predicted octanol–water partition coefficient (Wildman–Crippen LogP) is 6.97. The Balaban J connectivity index is 1.43. The second kappa shape index (κ2) is 15.4. The first kappa shape index (κ1) is 45.0. The van der Waals surface area contributed by atoms with E-state index in [1.165, 1.54) is 12.1 Å². The number of carboxylic acids is 1. The number of unbranched alkanes of at least 4 members (excludes halogenated alkanes) is 2. The van der Waals surface area contributed by atoms with Crippen LogP contribution >= 0.6 is 11.6 Å². The number of aliphatic carboxylic acids is 1. The molecule has 2 heterocycles. The number of benzene rings is 4. The number of nitrogens with zero attached hydrogens (tertiary/aromatic N) is 1. The van der Waals surface area contributed by atoms with Gasteiger partial charge < -0.3 is 10.4 Å². The molecule has 2 aliphatic rings. The van der Waals surface area contributed by atoms with Crippen molar-refractivity contribution in [2.45, 2.75) is 83.8 Å². The number of nitrogens with one attached hydrogen (secondary N) is 1. The van der Waals surface area contributed by atoms with Crippen LogP contribution in [-0.4, -0.2) is 79.8 Å². The molecule has 0 radical (unpaired) electrons. The zero-order valence-electron chi connectivity index (χ0n) is 32.3. The normalized spacial score (nSPS) is 17.5. The first-order chi connectivity index (χ1) is 27.5. The minimum atomic E-state index is -4.97. The van der Waals surface area contributed by atoms with E-state index in [4.69, 9.17) is 16.7 Å². The Bertz CT molecular complexity index is 3130. The lowest BCUT2D eigenvalue weighted by molar-refractivity contribution is -0.438. The van der Waals surface area contributed by atoms with Crippen molar-refractivity contribution in [3.05, 3.63) is 94.7 Å². The number of halogens is 1. The lowest BCUT2D eigenvalue weighted by atomic mass is 9.79. The van der Waals surface area contributed by atoms with Gasteiger partial charge in [-0.3, -0.25) is 23.0 Å². The summed E-state index contributed by atoms with van der Waals surface area (Å²) in [7, 11) is -19.7. The van der Waals surface area contributed by atoms with Crippen LogP contribution in [0, 0.1) is 0 Å². The van der Waals surface area contributed by atoms with Gasteiger partial charge in [0.05, 0.1) is 15.2 Å². The Hall–Kier alpha value is -4.51. The number of allylic oxidation sites excluding steroid dienone is 6. The molecule has 0 aromatic heterocycles. The van der Waals surface area contributed by atoms with Gasteiger partial charge in [0.2, 0.25) is 5.69 Å². The van der Waals surface area contributed by atoms with Gasteiger partial charge >= 0.3 is 5.97 Å². The van der Waals surface area contributed by atoms with Crippen LogP contribution in [-0.2, 0) is 56.1 Å². The minimum absolute atomic E-state index is 0.0109. The number of hydrogen-bond acceptors (Lipinski definition) is 10. The van der Waals surface area contributed by atoms with E-state index in [0.29, 0.717) is 71.9 Å². The number of anilines is 1. The van der Waals surface area contributed by atoms with Crippen molar-refractivity contribution < 1.29 is 66.4 Å². The SMILES string of the molecule is CC1(C)C(/C=C/C(Cl)=C/C=C2/Nc3ccc4c(S(=O)(=O)O)cc(S(=O)(=O)O)cc4c3C2(C)C)=[N+](CCCCCC(=O)O)c2ccc3c(S(=O)(=O)O)cc(S(=O)(=O)O)cc3c21. The molecule has 21 heteroatoms. The molecule has 0 bridgehead atoms. The highest BCUT2D eigenvalue weighted by molar-refractivity contribution is 7.87. The van der Waals surface area contributed by atoms with E-state index < -0.39 is 76.9 Å². The van der Waals surface area contributed by atoms with Crippen LogP contribution in [0.5, 0.6) is 0 Å². The van der Waals surface area contributed by atoms with Crippen LogP contribution in [0.2, 0.25) is 0 Å². The zero-order chi connectivity index (χ0) is 44.5. The molecule has 6 rings (SSSR count). The summed E-state index contributed by atoms with van der Waals surface area (Å²) in [5.74, 6) is -0.934. The minimum Gasteiger partial charge on any atom is -0.481 e. The van der Waals surface area contributed by atoms with Crippen LogP contribution in [0.25, 0.3) is 21.5 Å². The van der Waals surface area contributed by atoms with Gasteiger partial charge in [-0.15, -0.1) is 0 Å². The molecule has 0 atom stereocenters. The maximum absolute atomic E-state index is 12.5. The zero-order valence-corrected chi connectivity index (χ0v) is 36.4. The number of carboxylic acid groups (broad SMARTS) is 1. The first-order valence-corrected chi connectivity index (χ1v) is 24.2. The van der Waals surface area contributed by atoms with Gasteiger partial charge in [-0.25, -0.2) is 0 Å². The van der Waals surface area contributed by atoms with Crippen molar-refractivity contribution in [1.29, 1.82) is 0 Å². The highest BCUT2D eigenvalue weighted by atomic mass is 35.5. The van der Waals surface area contributed by atoms with Crippen molar-refractivity contribution in [2.24, 2.45) is 0 Å². The Labute approximate surface area is 351 Å². The maximum Gasteiger partial charge on any atom is 0.303 e. The molecule has 2 aliphatic heterocycles. The molecule has 0 saturated heterocycles. The molecular formula is C39H40ClN2O14S4+. The van der Waals surface area contributed by atoms with Crippen molar-refractivity contribution in [1.82, 2.24) is 0 Å². The van der Waals surface area contributed by atoms with Crippen molar-refractivity contribution in [2.75, 3.05) is 11.9 Å². The molecule has 60 heavy (non-hydrogen) atoms. The van der Waals surface area contributed by atoms with Crippen molar-refractivity contribution in [3.63, 3.8) is 0 Å². The van der Waals surface area contributed by atoms with Gasteiger partial charge in [0, 0.05) is 63.2 Å². The molecule has 0 fully saturated rings. The number of carbonyl (C=O) groups is 1. The molecule has 6 N–H and O–H groups in total. The smallest absolute Gasteiger partial charge is 0.303 e. The summed E-state index contributed by atoms with van der Waals surface area (Å²) in [4.78, 5) is 8.24. The second-order valence-electron chi connectivity index (χ2n) is 15.5. The summed E-state index contributed by atoms with van der Waals surface area (Å²) in [6.45, 7) is 7.56. The summed E-state index contributed by atoms with van der Waals surface area (Å²) in [6, 6.07) is 9.66. The third-order valence-electron chi connectivity index (χ3n) is 10.8. The van der Waals surface area contributed by atoms with E-state index in [0.717, 1.165) is 12.1 Å². The Morgan fingerprint density at radius 1 is 0.700 bits per heavy atom. The molecule has 16 nitrogen and oxygen atoms in total. The molecule has 0 unspecified atom stereocenters. The standard InChI is InChI=1S/C39H39ClN2O14S4/c1-38(2)33(41-29-13-11-25-27(36(29)38)18-23(57(45,46)47)20-31(25)59(51,52)53)15-9-22(40)10-16-34-39(3,4)37-28-19-24(58(48,49)50)21-32(60(54,55)56)26(28)12-14-30(37)42(34)17-7-5-6-8-35(43)44/h9-16,18-21H,5-8,17H2,1-4H3,(H5,43,44,45,46,47,48,49,50,51,52,53,54,55,56)/p+1. The molecule has 4 aromatic rings. The maximum atomic E-state index is 12.5. The third kappa shape index (κ3) is 8.52. The van der Waals surface area contributed by atoms with Gasteiger partial charge in [0.15, 0.2) is 5.71 Å². The fourth-order valence-electron chi connectivity index (χ4n) is 8.04. The highest BCUT2D eigenvalue weighted by Crippen LogP contribution is 2.49. The Morgan fingerprint density at radius 2 is 1.23 bits per heavy atom. The average Bonchev–Trinajstić information content (AvgIpc) is 3.51. The molecular weight excluding hydrogens is 884 g/mol. The van der Waals surface area contributed by atoms with E-state index in [1.807, 2.05) is 18.4 Å². The van der Waals surface area contributed by atoms with Gasteiger partial charge in [-0.1, -0.05) is 31.5 Å². The second-order valence-corrected chi connectivity index (χ2v) is 21.5. The lowest BCUT2D eigenvalue weighted by Gasteiger charge is -2.22. The van der Waals surface area contributed by atoms with E-state index >= 15 is 0 Å². The predicted molar refractivity (Wildman–Crippen MR) is 224 cm³/mol. The number of hydrogen-bond donors (Lipinski definition) is 6. The van der Waals surface area contributed by atoms with E-state index in [2.05, 4.69) is 5.32 Å². The fraction of sp³-hybridized carbons (Fsp3) is 0.282. The van der Waals surface area contributed by atoms with Crippen LogP contribution < -0.4 is 5.32 Å². The van der Waals surface area contributed by atoms with Gasteiger partial charge in [-0.05, 0) is 97.7 Å². The average molecular weight is 924 g/mol. The van der Waals surface area contributed by atoms with Crippen molar-refractivity contribution >= 4 is 96.7 Å². The van der Waals surface area contributed by atoms with E-state index in [1.54, 1.807) is 50.3 Å². The van der Waals surface area contributed by atoms with Crippen molar-refractivity contribution in [3.8, 4) is 0 Å². The van der Waals surface area contributed by atoms with Gasteiger partial charge in [0.25, 0.3) is 40.5 Å². The number of rotatable bonds is 13. The van der Waals surface area contributed by atoms with E-state index in [9.17, 15) is 56.7 Å². The molecule has 0 saturated carbocycles. The van der Waals surface area contributed by atoms with Crippen LogP contribution in [0.15, 0.2) is 103 Å². The number of fused-ring (bicyclic) bond motifs is 6. The summed E-state index contributed by atoms with van der Waals surface area (Å²) in [6.07, 6.45) is 8.01. The molecule has 4 aromatic carbocycles. The molecule has 0 amide bonds. The summed E-state index contributed by atoms with van der Waals surface area (Å²) in [5.41, 5.74) is 1.28. The fourth-order valence-corrected chi connectivity index (χ4v) is 10.8. The lowest BCUT2D eigenvalue weighted by Crippen LogP contribution is -2.28. The first-order valence-electron chi connectivity index (χ1n) is 18.1. The molecule has 0 aliphatic carbocycles. The van der Waals surface area contributed by atoms with Gasteiger partial charge in [0.1, 0.15) is 16.3 Å².